The molecule has 4 nitrogen and oxygen atoms in total. The van der Waals surface area contributed by atoms with Crippen LogP contribution in [0.4, 0.5) is 0 Å². The summed E-state index contributed by atoms with van der Waals surface area (Å²) in [5.74, 6) is 1.68. The highest BCUT2D eigenvalue weighted by atomic mass is 16.5. The van der Waals surface area contributed by atoms with Crippen molar-refractivity contribution in [3.8, 4) is 28.4 Å². The van der Waals surface area contributed by atoms with Crippen LogP contribution in [0.1, 0.15) is 36.1 Å². The highest BCUT2D eigenvalue weighted by Gasteiger charge is 2.35. The number of ether oxygens (including phenoxy) is 2. The second-order valence-electron chi connectivity index (χ2n) is 6.63. The summed E-state index contributed by atoms with van der Waals surface area (Å²) in [5.41, 5.74) is 5.93. The molecule has 1 aliphatic carbocycles. The minimum absolute atomic E-state index is 0.244. The van der Waals surface area contributed by atoms with E-state index in [1.807, 2.05) is 6.07 Å². The van der Waals surface area contributed by atoms with Crippen molar-refractivity contribution in [2.24, 2.45) is 0 Å². The molecule has 0 saturated carbocycles. The lowest BCUT2D eigenvalue weighted by atomic mass is 9.77. The van der Waals surface area contributed by atoms with E-state index in [1.54, 1.807) is 7.11 Å². The van der Waals surface area contributed by atoms with Crippen LogP contribution in [0.15, 0.2) is 24.3 Å². The molecule has 4 rings (SSSR count). The topological polar surface area (TPSA) is 55.3 Å². The highest BCUT2D eigenvalue weighted by molar-refractivity contribution is 5.83. The van der Waals surface area contributed by atoms with Gasteiger partial charge in [0.1, 0.15) is 11.8 Å². The maximum Gasteiger partial charge on any atom is 0.165 e. The smallest absolute Gasteiger partial charge is 0.165 e. The molecule has 0 fully saturated rings. The number of fused-ring (bicyclic) bond motifs is 2. The van der Waals surface area contributed by atoms with Crippen LogP contribution in [0.5, 0.6) is 17.2 Å². The molecule has 24 heavy (non-hydrogen) atoms. The van der Waals surface area contributed by atoms with E-state index in [0.29, 0.717) is 18.4 Å². The zero-order valence-corrected chi connectivity index (χ0v) is 14.3. The average Bonchev–Trinajstić information content (AvgIpc) is 2.60. The minimum Gasteiger partial charge on any atom is -0.504 e. The van der Waals surface area contributed by atoms with Crippen LogP contribution in [-0.2, 0) is 12.8 Å². The number of rotatable bonds is 4. The molecule has 1 aliphatic heterocycles. The molecule has 126 valence electrons. The molecule has 3 N–H and O–H groups in total. The number of hydrogen-bond donors (Lipinski definition) is 2. The fourth-order valence-corrected chi connectivity index (χ4v) is 4.07. The fraction of sp³-hybridized carbons (Fsp3) is 0.400. The summed E-state index contributed by atoms with van der Waals surface area (Å²) in [6.07, 6.45) is 2.97. The first kappa shape index (κ1) is 15.3. The Kier molecular flexibility index (Phi) is 3.85. The van der Waals surface area contributed by atoms with Crippen molar-refractivity contribution in [1.29, 1.82) is 0 Å². The van der Waals surface area contributed by atoms with Crippen LogP contribution in [0, 0.1) is 0 Å². The maximum atomic E-state index is 10.7. The van der Waals surface area contributed by atoms with Gasteiger partial charge in [-0.2, -0.15) is 0 Å². The molecule has 0 saturated heterocycles. The SMILES string of the molecule is CCCOc1cc2c3c(c1)-c1c(ccc(OC)c1O)C[C@H]3[NH2+]CC2. The number of phenols is 1. The summed E-state index contributed by atoms with van der Waals surface area (Å²) in [4.78, 5) is 0. The van der Waals surface area contributed by atoms with E-state index in [-0.39, 0.29) is 5.75 Å². The Hall–Kier alpha value is -2.20. The third kappa shape index (κ3) is 2.33. The monoisotopic (exact) mass is 326 g/mol. The van der Waals surface area contributed by atoms with Gasteiger partial charge in [-0.05, 0) is 41.3 Å². The standard InChI is InChI=1S/C20H23NO3/c1-3-8-24-14-9-13-6-7-21-16-10-12-4-5-17(23-2)20(22)19(12)15(11-14)18(13)16/h4-5,9,11,16,21-22H,3,6-8,10H2,1-2H3/p+1/t16-/m1/s1. The molecule has 0 bridgehead atoms. The van der Waals surface area contributed by atoms with Crippen LogP contribution in [0.2, 0.25) is 0 Å². The molecule has 0 aromatic heterocycles. The number of nitrogens with two attached hydrogens (primary N) is 1. The summed E-state index contributed by atoms with van der Waals surface area (Å²) >= 11 is 0. The van der Waals surface area contributed by atoms with Crippen LogP contribution in [0.3, 0.4) is 0 Å². The molecule has 2 aromatic rings. The quantitative estimate of drug-likeness (QED) is 0.908. The molecule has 4 heteroatoms. The van der Waals surface area contributed by atoms with E-state index >= 15 is 0 Å². The summed E-state index contributed by atoms with van der Waals surface area (Å²) in [6, 6.07) is 8.66. The van der Waals surface area contributed by atoms with Gasteiger partial charge in [-0.25, -0.2) is 0 Å². The van der Waals surface area contributed by atoms with Crippen LogP contribution in [-0.4, -0.2) is 25.4 Å². The maximum absolute atomic E-state index is 10.7. The lowest BCUT2D eigenvalue weighted by Gasteiger charge is -2.32. The normalized spacial score (nSPS) is 17.8. The van der Waals surface area contributed by atoms with Crippen molar-refractivity contribution in [3.05, 3.63) is 41.0 Å². The van der Waals surface area contributed by atoms with Gasteiger partial charge in [0.05, 0.1) is 20.3 Å². The van der Waals surface area contributed by atoms with Crippen molar-refractivity contribution < 1.29 is 19.9 Å². The predicted molar refractivity (Wildman–Crippen MR) is 92.8 cm³/mol. The average molecular weight is 326 g/mol. The Bertz CT molecular complexity index is 785. The Balaban J connectivity index is 1.93. The van der Waals surface area contributed by atoms with Gasteiger partial charge >= 0.3 is 0 Å². The number of hydrogen-bond acceptors (Lipinski definition) is 3. The Morgan fingerprint density at radius 1 is 1.25 bits per heavy atom. The van der Waals surface area contributed by atoms with Gasteiger partial charge in [0, 0.05) is 24.0 Å². The van der Waals surface area contributed by atoms with Gasteiger partial charge in [-0.3, -0.25) is 0 Å². The van der Waals surface area contributed by atoms with Crippen molar-refractivity contribution in [3.63, 3.8) is 0 Å². The third-order valence-corrected chi connectivity index (χ3v) is 5.10. The number of quaternary nitrogens is 1. The number of methoxy groups -OCH3 is 1. The Morgan fingerprint density at radius 3 is 2.92 bits per heavy atom. The number of aromatic hydroxyl groups is 1. The summed E-state index contributed by atoms with van der Waals surface area (Å²) in [6.45, 7) is 3.93. The van der Waals surface area contributed by atoms with Crippen LogP contribution in [0.25, 0.3) is 11.1 Å². The number of benzene rings is 2. The van der Waals surface area contributed by atoms with Gasteiger partial charge in [-0.15, -0.1) is 0 Å². The van der Waals surface area contributed by atoms with Crippen LogP contribution >= 0.6 is 0 Å². The largest absolute Gasteiger partial charge is 0.504 e. The molecule has 1 atom stereocenters. The summed E-state index contributed by atoms with van der Waals surface area (Å²) in [7, 11) is 1.59. The molecule has 0 spiro atoms. The second kappa shape index (κ2) is 6.02. The molecule has 2 aromatic carbocycles. The first-order valence-corrected chi connectivity index (χ1v) is 8.75. The van der Waals surface area contributed by atoms with E-state index in [2.05, 4.69) is 30.4 Å². The van der Waals surface area contributed by atoms with Crippen LogP contribution < -0.4 is 14.8 Å². The van der Waals surface area contributed by atoms with Gasteiger partial charge in [0.15, 0.2) is 11.5 Å². The summed E-state index contributed by atoms with van der Waals surface area (Å²) in [5, 5.41) is 13.2. The first-order valence-electron chi connectivity index (χ1n) is 8.75. The molecule has 0 radical (unpaired) electrons. The van der Waals surface area contributed by atoms with E-state index in [1.165, 1.54) is 16.7 Å². The van der Waals surface area contributed by atoms with Gasteiger partial charge < -0.3 is 19.9 Å². The molecule has 2 aliphatic rings. The fourth-order valence-electron chi connectivity index (χ4n) is 4.07. The van der Waals surface area contributed by atoms with Crippen molar-refractivity contribution in [2.75, 3.05) is 20.3 Å². The Labute approximate surface area is 142 Å². The van der Waals surface area contributed by atoms with E-state index in [4.69, 9.17) is 9.47 Å². The highest BCUT2D eigenvalue weighted by Crippen LogP contribution is 2.48. The summed E-state index contributed by atoms with van der Waals surface area (Å²) < 4.78 is 11.2. The van der Waals surface area contributed by atoms with Crippen molar-refractivity contribution >= 4 is 0 Å². The van der Waals surface area contributed by atoms with E-state index in [9.17, 15) is 5.11 Å². The van der Waals surface area contributed by atoms with Gasteiger partial charge in [0.2, 0.25) is 0 Å². The molecule has 0 amide bonds. The van der Waals surface area contributed by atoms with Gasteiger partial charge in [-0.1, -0.05) is 13.0 Å². The Morgan fingerprint density at radius 2 is 2.12 bits per heavy atom. The van der Waals surface area contributed by atoms with Crippen molar-refractivity contribution in [2.45, 2.75) is 32.2 Å². The second-order valence-corrected chi connectivity index (χ2v) is 6.63. The third-order valence-electron chi connectivity index (χ3n) is 5.10. The zero-order valence-electron chi connectivity index (χ0n) is 14.3. The molecular weight excluding hydrogens is 302 g/mol. The lowest BCUT2D eigenvalue weighted by Crippen LogP contribution is -2.87. The number of phenolic OH excluding ortho intramolecular Hbond substituents is 1. The minimum atomic E-state index is 0.244. The van der Waals surface area contributed by atoms with Gasteiger partial charge in [0.25, 0.3) is 0 Å². The predicted octanol–water partition coefficient (Wildman–Crippen LogP) is 2.57. The first-order chi connectivity index (χ1) is 11.7. The molecule has 1 heterocycles. The van der Waals surface area contributed by atoms with E-state index < -0.39 is 0 Å². The zero-order chi connectivity index (χ0) is 16.7. The molecular formula is C20H24NO3+. The van der Waals surface area contributed by atoms with E-state index in [0.717, 1.165) is 42.7 Å². The molecule has 0 unspecified atom stereocenters. The van der Waals surface area contributed by atoms with Crippen molar-refractivity contribution in [1.82, 2.24) is 0 Å². The lowest BCUT2D eigenvalue weighted by molar-refractivity contribution is -0.698.